The molecule has 0 unspecified atom stereocenters. The first-order chi connectivity index (χ1) is 11.6. The Kier molecular flexibility index (Phi) is 7.49. The van der Waals surface area contributed by atoms with Crippen LogP contribution in [0.3, 0.4) is 0 Å². The fourth-order valence-electron chi connectivity index (χ4n) is 2.71. The summed E-state index contributed by atoms with van der Waals surface area (Å²) in [5.74, 6) is 0.741. The van der Waals surface area contributed by atoms with Gasteiger partial charge in [-0.3, -0.25) is 4.79 Å². The topological polar surface area (TPSA) is 62.8 Å². The van der Waals surface area contributed by atoms with Crippen LogP contribution in [-0.2, 0) is 9.53 Å². The molecule has 0 radical (unpaired) electrons. The summed E-state index contributed by atoms with van der Waals surface area (Å²) in [6, 6.07) is 7.17. The number of amides is 1. The number of carbonyl (C=O) groups excluding carboxylic acids is 1. The Labute approximate surface area is 144 Å². The normalized spacial score (nSPS) is 20.8. The molecule has 0 aliphatic carbocycles. The Hall–Kier alpha value is -1.63. The van der Waals surface area contributed by atoms with Crippen molar-refractivity contribution in [3.63, 3.8) is 0 Å². The van der Waals surface area contributed by atoms with E-state index in [-0.39, 0.29) is 18.1 Å². The van der Waals surface area contributed by atoms with E-state index in [0.29, 0.717) is 19.8 Å². The third-order valence-corrected chi connectivity index (χ3v) is 4.29. The van der Waals surface area contributed by atoms with E-state index in [9.17, 15) is 4.79 Å². The lowest BCUT2D eigenvalue weighted by Gasteiger charge is -2.29. The lowest BCUT2D eigenvalue weighted by molar-refractivity contribution is -0.123. The molecule has 1 aromatic rings. The van der Waals surface area contributed by atoms with Crippen LogP contribution < -0.4 is 15.4 Å². The lowest BCUT2D eigenvalue weighted by atomic mass is 10.1. The molecule has 1 aliphatic heterocycles. The maximum atomic E-state index is 12.3. The number of nitrogens with zero attached hydrogens (tertiary/aromatic N) is 1. The molecule has 134 valence electrons. The summed E-state index contributed by atoms with van der Waals surface area (Å²) in [7, 11) is 0. The van der Waals surface area contributed by atoms with Crippen LogP contribution in [-0.4, -0.2) is 62.3 Å². The molecule has 1 aromatic carbocycles. The van der Waals surface area contributed by atoms with Crippen LogP contribution in [0.5, 0.6) is 5.75 Å². The summed E-state index contributed by atoms with van der Waals surface area (Å²) < 4.78 is 11.2. The van der Waals surface area contributed by atoms with Gasteiger partial charge in [0.25, 0.3) is 0 Å². The second kappa shape index (κ2) is 9.61. The third-order valence-electron chi connectivity index (χ3n) is 4.29. The Balaban J connectivity index is 1.80. The van der Waals surface area contributed by atoms with Crippen LogP contribution in [0.15, 0.2) is 24.3 Å². The molecule has 6 nitrogen and oxygen atoms in total. The Bertz CT molecular complexity index is 503. The molecule has 1 amide bonds. The van der Waals surface area contributed by atoms with Gasteiger partial charge in [-0.2, -0.15) is 0 Å². The van der Waals surface area contributed by atoms with Gasteiger partial charge in [-0.1, -0.05) is 13.8 Å². The van der Waals surface area contributed by atoms with Crippen LogP contribution in [0.1, 0.15) is 20.8 Å². The first-order valence-corrected chi connectivity index (χ1v) is 8.75. The summed E-state index contributed by atoms with van der Waals surface area (Å²) in [6.45, 7) is 11.2. The van der Waals surface area contributed by atoms with Crippen molar-refractivity contribution in [3.05, 3.63) is 24.3 Å². The van der Waals surface area contributed by atoms with E-state index in [1.54, 1.807) is 0 Å². The highest BCUT2D eigenvalue weighted by Crippen LogP contribution is 2.16. The number of carbonyl (C=O) groups is 1. The van der Waals surface area contributed by atoms with Gasteiger partial charge in [-0.05, 0) is 44.3 Å². The highest BCUT2D eigenvalue weighted by Gasteiger charge is 2.28. The van der Waals surface area contributed by atoms with Gasteiger partial charge in [0, 0.05) is 18.8 Å². The minimum atomic E-state index is -0.316. The number of ether oxygens (including phenoxy) is 2. The highest BCUT2D eigenvalue weighted by atomic mass is 16.5. The van der Waals surface area contributed by atoms with Crippen molar-refractivity contribution < 1.29 is 14.3 Å². The molecule has 2 atom stereocenters. The van der Waals surface area contributed by atoms with Crippen LogP contribution in [0.25, 0.3) is 0 Å². The number of anilines is 1. The van der Waals surface area contributed by atoms with E-state index in [1.807, 2.05) is 31.2 Å². The van der Waals surface area contributed by atoms with Gasteiger partial charge in [0.05, 0.1) is 12.7 Å². The fourth-order valence-corrected chi connectivity index (χ4v) is 2.71. The van der Waals surface area contributed by atoms with Gasteiger partial charge >= 0.3 is 0 Å². The molecule has 1 fully saturated rings. The van der Waals surface area contributed by atoms with Gasteiger partial charge in [0.2, 0.25) is 5.91 Å². The zero-order chi connectivity index (χ0) is 17.4. The summed E-state index contributed by atoms with van der Waals surface area (Å²) in [4.78, 5) is 14.6. The zero-order valence-electron chi connectivity index (χ0n) is 14.9. The van der Waals surface area contributed by atoms with Gasteiger partial charge in [-0.25, -0.2) is 0 Å². The summed E-state index contributed by atoms with van der Waals surface area (Å²) in [5.41, 5.74) is 0.760. The molecular formula is C18H29N3O3. The van der Waals surface area contributed by atoms with Gasteiger partial charge in [0.15, 0.2) is 0 Å². The van der Waals surface area contributed by atoms with Crippen LogP contribution in [0.2, 0.25) is 0 Å². The van der Waals surface area contributed by atoms with E-state index < -0.39 is 0 Å². The van der Waals surface area contributed by atoms with E-state index in [0.717, 1.165) is 31.1 Å². The SMILES string of the molecule is CCN(CC)CCOc1ccc(NC(=O)[C@H]2NCCO[C@@H]2C)cc1. The Morgan fingerprint density at radius 2 is 2.04 bits per heavy atom. The van der Waals surface area contributed by atoms with Crippen molar-refractivity contribution in [1.82, 2.24) is 10.2 Å². The van der Waals surface area contributed by atoms with E-state index in [4.69, 9.17) is 9.47 Å². The summed E-state index contributed by atoms with van der Waals surface area (Å²) in [6.07, 6.45) is -0.124. The van der Waals surface area contributed by atoms with Crippen molar-refractivity contribution in [2.24, 2.45) is 0 Å². The number of hydrogen-bond acceptors (Lipinski definition) is 5. The number of rotatable bonds is 8. The number of likely N-dealkylation sites (N-methyl/N-ethyl adjacent to an activating group) is 1. The average Bonchev–Trinajstić information content (AvgIpc) is 2.60. The quantitative estimate of drug-likeness (QED) is 0.757. The number of nitrogens with one attached hydrogen (secondary N) is 2. The minimum absolute atomic E-state index is 0.0719. The van der Waals surface area contributed by atoms with Crippen molar-refractivity contribution in [2.75, 3.05) is 44.7 Å². The standard InChI is InChI=1S/C18H29N3O3/c1-4-21(5-2)11-13-24-16-8-6-15(7-9-16)20-18(22)17-14(3)23-12-10-19-17/h6-9,14,17,19H,4-5,10-13H2,1-3H3,(H,20,22)/t14-,17+/m1/s1. The maximum absolute atomic E-state index is 12.3. The molecule has 2 rings (SSSR count). The van der Waals surface area contributed by atoms with Crippen molar-refractivity contribution in [3.8, 4) is 5.75 Å². The van der Waals surface area contributed by atoms with Crippen LogP contribution in [0, 0.1) is 0 Å². The van der Waals surface area contributed by atoms with Crippen molar-refractivity contribution in [2.45, 2.75) is 32.9 Å². The molecule has 6 heteroatoms. The predicted octanol–water partition coefficient (Wildman–Crippen LogP) is 1.72. The molecular weight excluding hydrogens is 306 g/mol. The number of hydrogen-bond donors (Lipinski definition) is 2. The van der Waals surface area contributed by atoms with Gasteiger partial charge < -0.3 is 25.0 Å². The van der Waals surface area contributed by atoms with Gasteiger partial charge in [-0.15, -0.1) is 0 Å². The summed E-state index contributed by atoms with van der Waals surface area (Å²) in [5, 5.41) is 6.10. The second-order valence-corrected chi connectivity index (χ2v) is 5.90. The lowest BCUT2D eigenvalue weighted by Crippen LogP contribution is -2.53. The number of morpholine rings is 1. The van der Waals surface area contributed by atoms with Crippen LogP contribution in [0.4, 0.5) is 5.69 Å². The molecule has 0 saturated carbocycles. The van der Waals surface area contributed by atoms with Gasteiger partial charge in [0.1, 0.15) is 18.4 Å². The largest absolute Gasteiger partial charge is 0.492 e. The fraction of sp³-hybridized carbons (Fsp3) is 0.611. The summed E-state index contributed by atoms with van der Waals surface area (Å²) >= 11 is 0. The van der Waals surface area contributed by atoms with E-state index >= 15 is 0 Å². The molecule has 1 aliphatic rings. The molecule has 0 aromatic heterocycles. The first kappa shape index (κ1) is 18.7. The minimum Gasteiger partial charge on any atom is -0.492 e. The zero-order valence-corrected chi connectivity index (χ0v) is 14.9. The van der Waals surface area contributed by atoms with Crippen molar-refractivity contribution in [1.29, 1.82) is 0 Å². The van der Waals surface area contributed by atoms with Crippen LogP contribution >= 0.6 is 0 Å². The first-order valence-electron chi connectivity index (χ1n) is 8.75. The molecule has 0 spiro atoms. The monoisotopic (exact) mass is 335 g/mol. The van der Waals surface area contributed by atoms with E-state index in [2.05, 4.69) is 29.4 Å². The smallest absolute Gasteiger partial charge is 0.244 e. The Morgan fingerprint density at radius 1 is 1.33 bits per heavy atom. The average molecular weight is 335 g/mol. The van der Waals surface area contributed by atoms with Crippen molar-refractivity contribution >= 4 is 11.6 Å². The molecule has 0 bridgehead atoms. The van der Waals surface area contributed by atoms with E-state index in [1.165, 1.54) is 0 Å². The number of benzene rings is 1. The molecule has 24 heavy (non-hydrogen) atoms. The Morgan fingerprint density at radius 3 is 2.67 bits per heavy atom. The third kappa shape index (κ3) is 5.47. The predicted molar refractivity (Wildman–Crippen MR) is 95.6 cm³/mol. The molecule has 1 saturated heterocycles. The highest BCUT2D eigenvalue weighted by molar-refractivity contribution is 5.95. The maximum Gasteiger partial charge on any atom is 0.244 e. The molecule has 1 heterocycles. The second-order valence-electron chi connectivity index (χ2n) is 5.90. The molecule has 2 N–H and O–H groups in total.